The summed E-state index contributed by atoms with van der Waals surface area (Å²) in [4.78, 5) is 0. The van der Waals surface area contributed by atoms with Crippen LogP contribution >= 0.6 is 0 Å². The van der Waals surface area contributed by atoms with Crippen molar-refractivity contribution in [3.8, 4) is 0 Å². The molecular weight excluding hydrogens is 213 g/mol. The van der Waals surface area contributed by atoms with Gasteiger partial charge in [0.05, 0.1) is 0 Å². The third-order valence-corrected chi connectivity index (χ3v) is 4.43. The minimum absolute atomic E-state index is 0.137. The quantitative estimate of drug-likeness (QED) is 0.843. The molecule has 2 aliphatic rings. The van der Waals surface area contributed by atoms with Crippen LogP contribution in [-0.2, 0) is 0 Å². The summed E-state index contributed by atoms with van der Waals surface area (Å²) in [5.74, 6) is 0.498. The first-order valence-corrected chi connectivity index (χ1v) is 6.56. The largest absolute Gasteiger partial charge is 0.311 e. The van der Waals surface area contributed by atoms with Crippen molar-refractivity contribution >= 4 is 0 Å². The Kier molecular flexibility index (Phi) is 2.51. The summed E-state index contributed by atoms with van der Waals surface area (Å²) >= 11 is 0. The van der Waals surface area contributed by atoms with Crippen LogP contribution in [0.2, 0.25) is 0 Å². The van der Waals surface area contributed by atoms with Crippen molar-refractivity contribution in [1.82, 2.24) is 5.32 Å². The van der Waals surface area contributed by atoms with Crippen LogP contribution in [0.15, 0.2) is 24.3 Å². The highest BCUT2D eigenvalue weighted by Gasteiger charge is 2.47. The number of benzene rings is 1. The van der Waals surface area contributed by atoms with Gasteiger partial charge in [-0.1, -0.05) is 26.0 Å². The minimum atomic E-state index is -0.137. The molecule has 2 fully saturated rings. The van der Waals surface area contributed by atoms with Gasteiger partial charge in [-0.2, -0.15) is 0 Å². The zero-order chi connectivity index (χ0) is 12.0. The van der Waals surface area contributed by atoms with E-state index in [0.717, 1.165) is 6.04 Å². The summed E-state index contributed by atoms with van der Waals surface area (Å²) in [5, 5.41) is 3.72. The lowest BCUT2D eigenvalue weighted by Gasteiger charge is -2.37. The third-order valence-electron chi connectivity index (χ3n) is 4.43. The van der Waals surface area contributed by atoms with Crippen LogP contribution in [0.3, 0.4) is 0 Å². The Balaban J connectivity index is 1.50. The Hall–Kier alpha value is -0.890. The molecule has 2 aliphatic carbocycles. The zero-order valence-corrected chi connectivity index (χ0v) is 10.5. The number of rotatable bonds is 3. The molecule has 3 rings (SSSR count). The first-order chi connectivity index (χ1) is 8.04. The Morgan fingerprint density at radius 1 is 1.18 bits per heavy atom. The number of hydrogen-bond acceptors (Lipinski definition) is 1. The average Bonchev–Trinajstić information content (AvgIpc) is 2.81. The lowest BCUT2D eigenvalue weighted by atomic mass is 9.76. The molecule has 2 saturated carbocycles. The number of nitrogens with one attached hydrogen (secondary N) is 1. The maximum atomic E-state index is 12.8. The minimum Gasteiger partial charge on any atom is -0.311 e. The first kappa shape index (κ1) is 11.2. The molecule has 1 aromatic rings. The van der Waals surface area contributed by atoms with Crippen LogP contribution < -0.4 is 5.32 Å². The Morgan fingerprint density at radius 2 is 1.76 bits per heavy atom. The van der Waals surface area contributed by atoms with Crippen LogP contribution in [0.5, 0.6) is 0 Å². The SMILES string of the molecule is CC1(C)CC1NC1CC(c2ccc(F)cc2)C1. The Bertz CT molecular complexity index is 403. The van der Waals surface area contributed by atoms with Crippen molar-refractivity contribution in [1.29, 1.82) is 0 Å². The van der Waals surface area contributed by atoms with Crippen molar-refractivity contribution < 1.29 is 4.39 Å². The average molecular weight is 233 g/mol. The normalized spacial score (nSPS) is 34.2. The molecule has 92 valence electrons. The summed E-state index contributed by atoms with van der Waals surface area (Å²) in [5.41, 5.74) is 1.81. The van der Waals surface area contributed by atoms with E-state index < -0.39 is 0 Å². The third kappa shape index (κ3) is 2.23. The number of halogens is 1. The van der Waals surface area contributed by atoms with Crippen molar-refractivity contribution in [2.75, 3.05) is 0 Å². The van der Waals surface area contributed by atoms with E-state index in [4.69, 9.17) is 0 Å². The van der Waals surface area contributed by atoms with E-state index in [-0.39, 0.29) is 5.82 Å². The van der Waals surface area contributed by atoms with E-state index in [2.05, 4.69) is 19.2 Å². The smallest absolute Gasteiger partial charge is 0.123 e. The van der Waals surface area contributed by atoms with Crippen molar-refractivity contribution in [3.63, 3.8) is 0 Å². The predicted octanol–water partition coefficient (Wildman–Crippen LogP) is 3.46. The summed E-state index contributed by atoms with van der Waals surface area (Å²) in [6, 6.07) is 8.40. The highest BCUT2D eigenvalue weighted by atomic mass is 19.1. The topological polar surface area (TPSA) is 12.0 Å². The van der Waals surface area contributed by atoms with Gasteiger partial charge in [0.25, 0.3) is 0 Å². The fourth-order valence-corrected chi connectivity index (χ4v) is 2.80. The lowest BCUT2D eigenvalue weighted by Crippen LogP contribution is -2.42. The highest BCUT2D eigenvalue weighted by molar-refractivity contribution is 5.24. The fourth-order valence-electron chi connectivity index (χ4n) is 2.80. The van der Waals surface area contributed by atoms with Crippen molar-refractivity contribution in [2.24, 2.45) is 5.41 Å². The molecule has 0 spiro atoms. The van der Waals surface area contributed by atoms with Gasteiger partial charge in [-0.25, -0.2) is 4.39 Å². The molecule has 1 atom stereocenters. The summed E-state index contributed by atoms with van der Waals surface area (Å²) in [7, 11) is 0. The van der Waals surface area contributed by atoms with E-state index in [9.17, 15) is 4.39 Å². The maximum Gasteiger partial charge on any atom is 0.123 e. The second-order valence-corrected chi connectivity index (χ2v) is 6.33. The zero-order valence-electron chi connectivity index (χ0n) is 10.5. The van der Waals surface area contributed by atoms with E-state index >= 15 is 0 Å². The summed E-state index contributed by atoms with van der Waals surface area (Å²) in [6.45, 7) is 4.64. The van der Waals surface area contributed by atoms with Crippen LogP contribution in [0.1, 0.15) is 44.6 Å². The van der Waals surface area contributed by atoms with Gasteiger partial charge >= 0.3 is 0 Å². The van der Waals surface area contributed by atoms with Crippen LogP contribution in [-0.4, -0.2) is 12.1 Å². The molecule has 2 heteroatoms. The molecule has 0 amide bonds. The second kappa shape index (κ2) is 3.81. The van der Waals surface area contributed by atoms with E-state index in [0.29, 0.717) is 17.4 Å². The molecule has 1 N–H and O–H groups in total. The molecule has 1 aromatic carbocycles. The van der Waals surface area contributed by atoms with Crippen molar-refractivity contribution in [2.45, 2.75) is 51.1 Å². The fraction of sp³-hybridized carbons (Fsp3) is 0.600. The van der Waals surface area contributed by atoms with E-state index in [1.54, 1.807) is 12.1 Å². The summed E-state index contributed by atoms with van der Waals surface area (Å²) in [6.07, 6.45) is 3.72. The first-order valence-electron chi connectivity index (χ1n) is 6.56. The van der Waals surface area contributed by atoms with Crippen LogP contribution in [0, 0.1) is 11.2 Å². The van der Waals surface area contributed by atoms with Gasteiger partial charge in [-0.05, 0) is 48.3 Å². The van der Waals surface area contributed by atoms with Gasteiger partial charge in [0, 0.05) is 12.1 Å². The number of hydrogen-bond donors (Lipinski definition) is 1. The van der Waals surface area contributed by atoms with Crippen LogP contribution in [0.4, 0.5) is 4.39 Å². The molecule has 1 nitrogen and oxygen atoms in total. The van der Waals surface area contributed by atoms with Gasteiger partial charge in [0.1, 0.15) is 5.82 Å². The molecule has 1 unspecified atom stereocenters. The van der Waals surface area contributed by atoms with Gasteiger partial charge < -0.3 is 5.32 Å². The lowest BCUT2D eigenvalue weighted by molar-refractivity contribution is 0.279. The maximum absolute atomic E-state index is 12.8. The van der Waals surface area contributed by atoms with Crippen molar-refractivity contribution in [3.05, 3.63) is 35.6 Å². The Labute approximate surface area is 102 Å². The van der Waals surface area contributed by atoms with Crippen LogP contribution in [0.25, 0.3) is 0 Å². The molecule has 0 saturated heterocycles. The van der Waals surface area contributed by atoms with E-state index in [1.807, 2.05) is 12.1 Å². The monoisotopic (exact) mass is 233 g/mol. The molecule has 0 bridgehead atoms. The highest BCUT2D eigenvalue weighted by Crippen LogP contribution is 2.47. The summed E-state index contributed by atoms with van der Waals surface area (Å²) < 4.78 is 12.8. The van der Waals surface area contributed by atoms with Gasteiger partial charge in [0.15, 0.2) is 0 Å². The molecule has 0 aliphatic heterocycles. The Morgan fingerprint density at radius 3 is 2.29 bits per heavy atom. The molecule has 0 radical (unpaired) electrons. The standard InChI is InChI=1S/C15H20FN/c1-15(2)9-14(15)17-13-7-11(8-13)10-3-5-12(16)6-4-10/h3-6,11,13-14,17H,7-9H2,1-2H3. The van der Waals surface area contributed by atoms with E-state index in [1.165, 1.54) is 24.8 Å². The van der Waals surface area contributed by atoms with Gasteiger partial charge in [0.2, 0.25) is 0 Å². The molecule has 0 aromatic heterocycles. The molecule has 17 heavy (non-hydrogen) atoms. The predicted molar refractivity (Wildman–Crippen MR) is 67.5 cm³/mol. The molecule has 0 heterocycles. The van der Waals surface area contributed by atoms with Gasteiger partial charge in [-0.3, -0.25) is 0 Å². The second-order valence-electron chi connectivity index (χ2n) is 6.33. The van der Waals surface area contributed by atoms with Gasteiger partial charge in [-0.15, -0.1) is 0 Å². The molecular formula is C15H20FN.